The molecule has 0 unspecified atom stereocenters. The van der Waals surface area contributed by atoms with Crippen LogP contribution in [0.3, 0.4) is 0 Å². The predicted octanol–water partition coefficient (Wildman–Crippen LogP) is 4.23. The highest BCUT2D eigenvalue weighted by Crippen LogP contribution is 2.24. The van der Waals surface area contributed by atoms with Crippen LogP contribution in [0, 0.1) is 18.3 Å². The largest absolute Gasteiger partial charge is 0.360 e. The Kier molecular flexibility index (Phi) is 3.25. The molecule has 0 saturated heterocycles. The summed E-state index contributed by atoms with van der Waals surface area (Å²) >= 11 is 5.93. The summed E-state index contributed by atoms with van der Waals surface area (Å²) < 4.78 is 0. The minimum atomic E-state index is -0.0782. The van der Waals surface area contributed by atoms with Crippen LogP contribution >= 0.6 is 11.6 Å². The molecule has 0 fully saturated rings. The monoisotopic (exact) mass is 294 g/mol. The number of aromatic nitrogens is 1. The normalized spacial score (nSPS) is 10.5. The van der Waals surface area contributed by atoms with E-state index in [1.54, 1.807) is 42.6 Å². The van der Waals surface area contributed by atoms with Crippen molar-refractivity contribution in [3.8, 4) is 6.07 Å². The number of nitrogens with zero attached hydrogens (tertiary/aromatic N) is 1. The second-order valence-electron chi connectivity index (χ2n) is 4.86. The first-order chi connectivity index (χ1) is 10.1. The maximum absolute atomic E-state index is 12.7. The number of fused-ring (bicyclic) bond motifs is 1. The predicted molar refractivity (Wildman–Crippen MR) is 82.6 cm³/mol. The third-order valence-corrected chi connectivity index (χ3v) is 3.72. The Morgan fingerprint density at radius 1 is 1.19 bits per heavy atom. The van der Waals surface area contributed by atoms with Crippen molar-refractivity contribution in [1.82, 2.24) is 4.98 Å². The van der Waals surface area contributed by atoms with Crippen molar-refractivity contribution in [3.63, 3.8) is 0 Å². The average molecular weight is 295 g/mol. The lowest BCUT2D eigenvalue weighted by Gasteiger charge is -2.04. The van der Waals surface area contributed by atoms with Crippen LogP contribution in [0.4, 0.5) is 0 Å². The first-order valence-electron chi connectivity index (χ1n) is 6.42. The van der Waals surface area contributed by atoms with Crippen LogP contribution in [0.15, 0.2) is 42.6 Å². The van der Waals surface area contributed by atoms with Crippen LogP contribution in [0.2, 0.25) is 5.02 Å². The van der Waals surface area contributed by atoms with Crippen molar-refractivity contribution in [1.29, 1.82) is 5.26 Å². The van der Waals surface area contributed by atoms with E-state index < -0.39 is 0 Å². The molecule has 4 heteroatoms. The number of H-pyrrole nitrogens is 1. The molecule has 3 aromatic rings. The molecule has 0 aliphatic heterocycles. The van der Waals surface area contributed by atoms with Gasteiger partial charge in [0, 0.05) is 33.2 Å². The number of rotatable bonds is 2. The lowest BCUT2D eigenvalue weighted by molar-refractivity contribution is 0.104. The lowest BCUT2D eigenvalue weighted by Crippen LogP contribution is -2.02. The van der Waals surface area contributed by atoms with E-state index in [2.05, 4.69) is 11.1 Å². The maximum atomic E-state index is 12.7. The number of benzene rings is 2. The molecule has 0 aliphatic carbocycles. The highest BCUT2D eigenvalue weighted by atomic mass is 35.5. The molecule has 0 saturated carbocycles. The first-order valence-corrected chi connectivity index (χ1v) is 6.80. The molecule has 3 rings (SSSR count). The molecule has 102 valence electrons. The van der Waals surface area contributed by atoms with Gasteiger partial charge in [0.05, 0.1) is 11.6 Å². The van der Waals surface area contributed by atoms with Gasteiger partial charge in [-0.3, -0.25) is 4.79 Å². The molecule has 0 aliphatic rings. The molecule has 0 amide bonds. The average Bonchev–Trinajstić information content (AvgIpc) is 2.89. The van der Waals surface area contributed by atoms with Crippen LogP contribution in [0.5, 0.6) is 0 Å². The van der Waals surface area contributed by atoms with Crippen LogP contribution in [0.1, 0.15) is 27.0 Å². The molecule has 3 nitrogen and oxygen atoms in total. The Morgan fingerprint density at radius 2 is 2.00 bits per heavy atom. The number of nitrogens with one attached hydrogen (secondary N) is 1. The van der Waals surface area contributed by atoms with E-state index in [9.17, 15) is 4.79 Å². The van der Waals surface area contributed by atoms with Crippen molar-refractivity contribution < 1.29 is 4.79 Å². The first kappa shape index (κ1) is 13.4. The van der Waals surface area contributed by atoms with Crippen LogP contribution in [-0.2, 0) is 0 Å². The van der Waals surface area contributed by atoms with E-state index in [0.29, 0.717) is 21.7 Å². The van der Waals surface area contributed by atoms with Gasteiger partial charge in [-0.05, 0) is 48.9 Å². The summed E-state index contributed by atoms with van der Waals surface area (Å²) in [5, 5.41) is 10.4. The Morgan fingerprint density at radius 3 is 2.71 bits per heavy atom. The van der Waals surface area contributed by atoms with Crippen molar-refractivity contribution >= 4 is 28.3 Å². The smallest absolute Gasteiger partial charge is 0.195 e. The van der Waals surface area contributed by atoms with Gasteiger partial charge in [0.25, 0.3) is 0 Å². The molecular weight excluding hydrogens is 284 g/mol. The fraction of sp³-hybridized carbons (Fsp3) is 0.0588. The van der Waals surface area contributed by atoms with E-state index in [1.807, 2.05) is 6.92 Å². The van der Waals surface area contributed by atoms with Gasteiger partial charge in [-0.1, -0.05) is 11.6 Å². The number of nitriles is 1. The number of carbonyl (C=O) groups excluding carboxylic acids is 1. The number of hydrogen-bond acceptors (Lipinski definition) is 2. The highest BCUT2D eigenvalue weighted by molar-refractivity contribution is 6.31. The summed E-state index contributed by atoms with van der Waals surface area (Å²) in [6.45, 7) is 1.86. The number of hydrogen-bond donors (Lipinski definition) is 1. The van der Waals surface area contributed by atoms with Gasteiger partial charge in [0.2, 0.25) is 0 Å². The van der Waals surface area contributed by atoms with E-state index >= 15 is 0 Å². The third-order valence-electron chi connectivity index (χ3n) is 3.49. The molecule has 2 aromatic carbocycles. The third kappa shape index (κ3) is 2.31. The fourth-order valence-corrected chi connectivity index (χ4v) is 2.63. The van der Waals surface area contributed by atoms with Crippen LogP contribution in [-0.4, -0.2) is 10.8 Å². The Balaban J connectivity index is 2.16. The summed E-state index contributed by atoms with van der Waals surface area (Å²) in [6, 6.07) is 12.5. The van der Waals surface area contributed by atoms with Gasteiger partial charge in [0.15, 0.2) is 5.78 Å². The summed E-state index contributed by atoms with van der Waals surface area (Å²) in [4.78, 5) is 15.8. The summed E-state index contributed by atoms with van der Waals surface area (Å²) in [5.41, 5.74) is 3.38. The Bertz CT molecular complexity index is 903. The molecule has 0 bridgehead atoms. The minimum absolute atomic E-state index is 0.0782. The molecule has 1 N–H and O–H groups in total. The summed E-state index contributed by atoms with van der Waals surface area (Å²) in [7, 11) is 0. The van der Waals surface area contributed by atoms with Crippen LogP contribution < -0.4 is 0 Å². The van der Waals surface area contributed by atoms with Crippen molar-refractivity contribution in [2.24, 2.45) is 0 Å². The summed E-state index contributed by atoms with van der Waals surface area (Å²) in [6.07, 6.45) is 1.68. The topological polar surface area (TPSA) is 56.6 Å². The molecule has 0 atom stereocenters. The fourth-order valence-electron chi connectivity index (χ4n) is 2.40. The Labute approximate surface area is 126 Å². The zero-order valence-electron chi connectivity index (χ0n) is 11.3. The number of carbonyl (C=O) groups is 1. The number of halogens is 1. The molecule has 21 heavy (non-hydrogen) atoms. The van der Waals surface area contributed by atoms with Gasteiger partial charge < -0.3 is 4.98 Å². The standard InChI is InChI=1S/C17H11ClN2O/c1-10-6-12(18)3-4-13(10)17(21)15-9-20-16-5-2-11(8-19)7-14(15)16/h2-7,9,20H,1H3. The zero-order chi connectivity index (χ0) is 15.0. The van der Waals surface area contributed by atoms with E-state index in [4.69, 9.17) is 16.9 Å². The lowest BCUT2D eigenvalue weighted by atomic mass is 9.98. The molecule has 1 aromatic heterocycles. The SMILES string of the molecule is Cc1cc(Cl)ccc1C(=O)c1c[nH]c2ccc(C#N)cc12. The molecule has 0 radical (unpaired) electrons. The van der Waals surface area contributed by atoms with Crippen molar-refractivity contribution in [2.45, 2.75) is 6.92 Å². The van der Waals surface area contributed by atoms with Crippen molar-refractivity contribution in [3.05, 3.63) is 69.9 Å². The van der Waals surface area contributed by atoms with Gasteiger partial charge >= 0.3 is 0 Å². The maximum Gasteiger partial charge on any atom is 0.195 e. The van der Waals surface area contributed by atoms with Crippen LogP contribution in [0.25, 0.3) is 10.9 Å². The molecule has 0 spiro atoms. The van der Waals surface area contributed by atoms with E-state index in [0.717, 1.165) is 16.5 Å². The second-order valence-corrected chi connectivity index (χ2v) is 5.30. The van der Waals surface area contributed by atoms with Gasteiger partial charge in [-0.15, -0.1) is 0 Å². The van der Waals surface area contributed by atoms with E-state index in [1.165, 1.54) is 0 Å². The van der Waals surface area contributed by atoms with Gasteiger partial charge in [-0.2, -0.15) is 5.26 Å². The minimum Gasteiger partial charge on any atom is -0.360 e. The summed E-state index contributed by atoms with van der Waals surface area (Å²) in [5.74, 6) is -0.0782. The van der Waals surface area contributed by atoms with Crippen molar-refractivity contribution in [2.75, 3.05) is 0 Å². The van der Waals surface area contributed by atoms with Gasteiger partial charge in [0.1, 0.15) is 0 Å². The number of ketones is 1. The van der Waals surface area contributed by atoms with Gasteiger partial charge in [-0.25, -0.2) is 0 Å². The number of aromatic amines is 1. The quantitative estimate of drug-likeness (QED) is 0.719. The Hall–Kier alpha value is -2.57. The zero-order valence-corrected chi connectivity index (χ0v) is 12.0. The number of aryl methyl sites for hydroxylation is 1. The highest BCUT2D eigenvalue weighted by Gasteiger charge is 2.16. The second kappa shape index (κ2) is 5.08. The van der Waals surface area contributed by atoms with E-state index in [-0.39, 0.29) is 5.78 Å². The molecular formula is C17H11ClN2O. The molecule has 1 heterocycles.